The van der Waals surface area contributed by atoms with E-state index in [9.17, 15) is 4.79 Å². The van der Waals surface area contributed by atoms with Gasteiger partial charge in [0.2, 0.25) is 5.91 Å². The largest absolute Gasteiger partial charge is 0.381 e. The van der Waals surface area contributed by atoms with Crippen LogP contribution in [-0.2, 0) is 9.53 Å². The lowest BCUT2D eigenvalue weighted by Crippen LogP contribution is -2.41. The minimum atomic E-state index is 0.149. The van der Waals surface area contributed by atoms with Gasteiger partial charge in [0.1, 0.15) is 5.82 Å². The van der Waals surface area contributed by atoms with Crippen molar-refractivity contribution in [1.82, 2.24) is 9.88 Å². The van der Waals surface area contributed by atoms with Gasteiger partial charge in [0, 0.05) is 45.8 Å². The van der Waals surface area contributed by atoms with Crippen molar-refractivity contribution in [3.63, 3.8) is 0 Å². The summed E-state index contributed by atoms with van der Waals surface area (Å²) in [5.74, 6) is 1.45. The standard InChI is InChI=1S/C21H34N4O2/c1-4-19-14-16(10-13-27-19)21(26)25-11-5-6-17(9-12-25)23-18-7-8-20(22-15-18)24(2)3/h7-8,15-17,19,23H,4-6,9-14H2,1-3H3/t16-,17-,19-/m1/s1. The molecule has 2 aliphatic rings. The van der Waals surface area contributed by atoms with Crippen molar-refractivity contribution in [3.8, 4) is 0 Å². The molecule has 0 aromatic carbocycles. The first-order chi connectivity index (χ1) is 13.1. The lowest BCUT2D eigenvalue weighted by Gasteiger charge is -2.32. The lowest BCUT2D eigenvalue weighted by molar-refractivity contribution is -0.140. The number of hydrogen-bond donors (Lipinski definition) is 1. The van der Waals surface area contributed by atoms with E-state index >= 15 is 0 Å². The summed E-state index contributed by atoms with van der Waals surface area (Å²) in [5.41, 5.74) is 1.06. The van der Waals surface area contributed by atoms with Crippen LogP contribution in [0.5, 0.6) is 0 Å². The predicted octanol–water partition coefficient (Wildman–Crippen LogP) is 3.15. The molecule has 2 fully saturated rings. The predicted molar refractivity (Wildman–Crippen MR) is 109 cm³/mol. The number of anilines is 2. The number of rotatable bonds is 5. The van der Waals surface area contributed by atoms with Gasteiger partial charge in [-0.1, -0.05) is 6.92 Å². The Bertz CT molecular complexity index is 605. The van der Waals surface area contributed by atoms with Gasteiger partial charge in [0.15, 0.2) is 0 Å². The van der Waals surface area contributed by atoms with E-state index in [1.807, 2.05) is 31.3 Å². The molecule has 3 rings (SSSR count). The van der Waals surface area contributed by atoms with Crippen molar-refractivity contribution < 1.29 is 9.53 Å². The summed E-state index contributed by atoms with van der Waals surface area (Å²) in [6.45, 7) is 4.58. The van der Waals surface area contributed by atoms with Crippen molar-refractivity contribution in [2.45, 2.75) is 57.6 Å². The van der Waals surface area contributed by atoms with Crippen LogP contribution in [0, 0.1) is 5.92 Å². The van der Waals surface area contributed by atoms with E-state index in [1.165, 1.54) is 0 Å². The fraction of sp³-hybridized carbons (Fsp3) is 0.714. The third-order valence-electron chi connectivity index (χ3n) is 5.79. The second-order valence-electron chi connectivity index (χ2n) is 8.02. The second kappa shape index (κ2) is 9.40. The van der Waals surface area contributed by atoms with Gasteiger partial charge in [-0.05, 0) is 50.7 Å². The average molecular weight is 375 g/mol. The number of nitrogens with zero attached hydrogens (tertiary/aromatic N) is 3. The number of pyridine rings is 1. The number of aromatic nitrogens is 1. The maximum Gasteiger partial charge on any atom is 0.225 e. The van der Waals surface area contributed by atoms with Gasteiger partial charge in [0.05, 0.1) is 18.0 Å². The van der Waals surface area contributed by atoms with Crippen LogP contribution in [0.3, 0.4) is 0 Å². The summed E-state index contributed by atoms with van der Waals surface area (Å²) in [6.07, 6.45) is 8.03. The van der Waals surface area contributed by atoms with E-state index in [0.717, 1.165) is 69.7 Å². The Balaban J connectivity index is 1.51. The normalized spacial score (nSPS) is 26.3. The molecule has 3 heterocycles. The number of carbonyl (C=O) groups is 1. The number of carbonyl (C=O) groups excluding carboxylic acids is 1. The van der Waals surface area contributed by atoms with Gasteiger partial charge >= 0.3 is 0 Å². The maximum absolute atomic E-state index is 13.0. The van der Waals surface area contributed by atoms with E-state index in [1.54, 1.807) is 0 Å². The summed E-state index contributed by atoms with van der Waals surface area (Å²) >= 11 is 0. The monoisotopic (exact) mass is 374 g/mol. The fourth-order valence-corrected chi connectivity index (χ4v) is 4.08. The van der Waals surface area contributed by atoms with Crippen molar-refractivity contribution in [3.05, 3.63) is 18.3 Å². The van der Waals surface area contributed by atoms with Crippen molar-refractivity contribution >= 4 is 17.4 Å². The van der Waals surface area contributed by atoms with Crippen LogP contribution in [0.25, 0.3) is 0 Å². The van der Waals surface area contributed by atoms with Crippen LogP contribution in [-0.4, -0.2) is 61.7 Å². The van der Waals surface area contributed by atoms with Gasteiger partial charge in [-0.3, -0.25) is 4.79 Å². The highest BCUT2D eigenvalue weighted by atomic mass is 16.5. The molecular formula is C21H34N4O2. The summed E-state index contributed by atoms with van der Waals surface area (Å²) < 4.78 is 5.74. The molecule has 1 aromatic heterocycles. The Morgan fingerprint density at radius 1 is 1.30 bits per heavy atom. The molecule has 0 bridgehead atoms. The molecule has 2 saturated heterocycles. The number of ether oxygens (including phenoxy) is 1. The number of likely N-dealkylation sites (tertiary alicyclic amines) is 1. The Morgan fingerprint density at radius 3 is 2.85 bits per heavy atom. The van der Waals surface area contributed by atoms with Crippen LogP contribution < -0.4 is 10.2 Å². The molecule has 2 aliphatic heterocycles. The Labute approximate surface area is 163 Å². The van der Waals surface area contributed by atoms with Crippen LogP contribution in [0.4, 0.5) is 11.5 Å². The molecule has 1 N–H and O–H groups in total. The Hall–Kier alpha value is -1.82. The van der Waals surface area contributed by atoms with Gasteiger partial charge in [0.25, 0.3) is 0 Å². The summed E-state index contributed by atoms with van der Waals surface area (Å²) in [5, 5.41) is 3.60. The Morgan fingerprint density at radius 2 is 2.15 bits per heavy atom. The fourth-order valence-electron chi connectivity index (χ4n) is 4.08. The zero-order chi connectivity index (χ0) is 19.2. The highest BCUT2D eigenvalue weighted by Gasteiger charge is 2.31. The van der Waals surface area contributed by atoms with Crippen molar-refractivity contribution in [2.75, 3.05) is 44.0 Å². The lowest BCUT2D eigenvalue weighted by atomic mass is 9.93. The van der Waals surface area contributed by atoms with Gasteiger partial charge < -0.3 is 19.9 Å². The molecule has 1 aromatic rings. The molecule has 6 heteroatoms. The molecule has 0 saturated carbocycles. The van der Waals surface area contributed by atoms with Crippen LogP contribution >= 0.6 is 0 Å². The first kappa shape index (κ1) is 19.9. The first-order valence-electron chi connectivity index (χ1n) is 10.4. The van der Waals surface area contributed by atoms with Crippen molar-refractivity contribution in [1.29, 1.82) is 0 Å². The smallest absolute Gasteiger partial charge is 0.225 e. The van der Waals surface area contributed by atoms with Crippen LogP contribution in [0.15, 0.2) is 18.3 Å². The third-order valence-corrected chi connectivity index (χ3v) is 5.79. The minimum Gasteiger partial charge on any atom is -0.381 e. The Kier molecular flexibility index (Phi) is 6.94. The summed E-state index contributed by atoms with van der Waals surface area (Å²) in [7, 11) is 3.99. The number of amides is 1. The highest BCUT2D eigenvalue weighted by Crippen LogP contribution is 2.26. The maximum atomic E-state index is 13.0. The topological polar surface area (TPSA) is 57.7 Å². The zero-order valence-electron chi connectivity index (χ0n) is 17.0. The molecule has 3 atom stereocenters. The highest BCUT2D eigenvalue weighted by molar-refractivity contribution is 5.79. The minimum absolute atomic E-state index is 0.149. The summed E-state index contributed by atoms with van der Waals surface area (Å²) in [6, 6.07) is 4.51. The van der Waals surface area contributed by atoms with Gasteiger partial charge in [-0.15, -0.1) is 0 Å². The average Bonchev–Trinajstić information content (AvgIpc) is 2.93. The molecule has 1 amide bonds. The third kappa shape index (κ3) is 5.34. The molecule has 0 aliphatic carbocycles. The zero-order valence-corrected chi connectivity index (χ0v) is 17.0. The summed E-state index contributed by atoms with van der Waals surface area (Å²) in [4.78, 5) is 21.5. The van der Waals surface area contributed by atoms with Crippen LogP contribution in [0.1, 0.15) is 45.4 Å². The molecular weight excluding hydrogens is 340 g/mol. The van der Waals surface area contributed by atoms with E-state index in [2.05, 4.69) is 28.2 Å². The van der Waals surface area contributed by atoms with E-state index in [4.69, 9.17) is 4.74 Å². The van der Waals surface area contributed by atoms with Gasteiger partial charge in [-0.25, -0.2) is 4.98 Å². The molecule has 27 heavy (non-hydrogen) atoms. The SMILES string of the molecule is CC[C@@H]1C[C@H](C(=O)N2CCC[C@@H](Nc3ccc(N(C)C)nc3)CC2)CCO1. The number of nitrogens with one attached hydrogen (secondary N) is 1. The molecule has 150 valence electrons. The van der Waals surface area contributed by atoms with E-state index in [-0.39, 0.29) is 12.0 Å². The molecule has 6 nitrogen and oxygen atoms in total. The van der Waals surface area contributed by atoms with Crippen molar-refractivity contribution in [2.24, 2.45) is 5.92 Å². The van der Waals surface area contributed by atoms with Gasteiger partial charge in [-0.2, -0.15) is 0 Å². The molecule has 0 radical (unpaired) electrons. The van der Waals surface area contributed by atoms with E-state index in [0.29, 0.717) is 11.9 Å². The molecule has 0 unspecified atom stereocenters. The quantitative estimate of drug-likeness (QED) is 0.858. The number of hydrogen-bond acceptors (Lipinski definition) is 5. The molecule has 0 spiro atoms. The van der Waals surface area contributed by atoms with E-state index < -0.39 is 0 Å². The first-order valence-corrected chi connectivity index (χ1v) is 10.4. The second-order valence-corrected chi connectivity index (χ2v) is 8.02. The van der Waals surface area contributed by atoms with Crippen LogP contribution in [0.2, 0.25) is 0 Å².